The van der Waals surface area contributed by atoms with E-state index in [1.54, 1.807) is 24.3 Å². The van der Waals surface area contributed by atoms with Crippen LogP contribution in [-0.2, 0) is 11.4 Å². The number of carbonyl (C=O) groups excluding carboxylic acids is 1. The van der Waals surface area contributed by atoms with Gasteiger partial charge in [-0.1, -0.05) is 18.2 Å². The summed E-state index contributed by atoms with van der Waals surface area (Å²) in [7, 11) is 0. The van der Waals surface area contributed by atoms with Gasteiger partial charge in [0, 0.05) is 12.5 Å². The Hall–Kier alpha value is -3.33. The predicted octanol–water partition coefficient (Wildman–Crippen LogP) is 3.01. The molecule has 0 bridgehead atoms. The standard InChI is InChI=1S/C19H19N3O3/c1-3-24-19-10-15(12-21-22-14(2)23)8-9-18(19)25-13-17-7-5-4-6-16(17)11-20/h4-10,12H,3,13H2,1-2H3,(H,22,23)/b21-12+. The largest absolute Gasteiger partial charge is 0.490 e. The summed E-state index contributed by atoms with van der Waals surface area (Å²) in [5.74, 6) is 0.910. The van der Waals surface area contributed by atoms with Crippen LogP contribution in [0.1, 0.15) is 30.5 Å². The lowest BCUT2D eigenvalue weighted by atomic mass is 10.1. The Labute approximate surface area is 146 Å². The number of hydrogen-bond acceptors (Lipinski definition) is 5. The van der Waals surface area contributed by atoms with Crippen molar-refractivity contribution < 1.29 is 14.3 Å². The molecular formula is C19H19N3O3. The lowest BCUT2D eigenvalue weighted by Gasteiger charge is -2.13. The summed E-state index contributed by atoms with van der Waals surface area (Å²) in [6, 6.07) is 14.8. The third kappa shape index (κ3) is 5.36. The van der Waals surface area contributed by atoms with Gasteiger partial charge in [-0.05, 0) is 36.8 Å². The Morgan fingerprint density at radius 3 is 2.76 bits per heavy atom. The minimum Gasteiger partial charge on any atom is -0.490 e. The second-order valence-corrected chi connectivity index (χ2v) is 5.12. The van der Waals surface area contributed by atoms with Gasteiger partial charge in [0.25, 0.3) is 0 Å². The molecular weight excluding hydrogens is 318 g/mol. The molecule has 0 radical (unpaired) electrons. The molecule has 0 saturated carbocycles. The monoisotopic (exact) mass is 337 g/mol. The Bertz CT molecular complexity index is 810. The molecule has 2 aromatic carbocycles. The summed E-state index contributed by atoms with van der Waals surface area (Å²) in [6.45, 7) is 4.02. The van der Waals surface area contributed by atoms with Gasteiger partial charge in [-0.3, -0.25) is 4.79 Å². The number of nitrogens with one attached hydrogen (secondary N) is 1. The normalized spacial score (nSPS) is 10.3. The van der Waals surface area contributed by atoms with Crippen molar-refractivity contribution in [2.45, 2.75) is 20.5 Å². The zero-order valence-corrected chi connectivity index (χ0v) is 14.2. The average Bonchev–Trinajstić information content (AvgIpc) is 2.61. The molecule has 2 aromatic rings. The van der Waals surface area contributed by atoms with Gasteiger partial charge in [-0.25, -0.2) is 5.43 Å². The topological polar surface area (TPSA) is 83.7 Å². The maximum atomic E-state index is 10.8. The quantitative estimate of drug-likeness (QED) is 0.622. The molecule has 0 aromatic heterocycles. The fourth-order valence-electron chi connectivity index (χ4n) is 2.10. The number of nitrogens with zero attached hydrogens (tertiary/aromatic N) is 2. The van der Waals surface area contributed by atoms with Gasteiger partial charge in [0.2, 0.25) is 5.91 Å². The number of nitriles is 1. The molecule has 0 atom stereocenters. The van der Waals surface area contributed by atoms with Crippen LogP contribution in [0.4, 0.5) is 0 Å². The fraction of sp³-hybridized carbons (Fsp3) is 0.211. The molecule has 0 aliphatic heterocycles. The highest BCUT2D eigenvalue weighted by molar-refractivity contribution is 5.82. The van der Waals surface area contributed by atoms with Crippen LogP contribution in [0.5, 0.6) is 11.5 Å². The highest BCUT2D eigenvalue weighted by Gasteiger charge is 2.08. The van der Waals surface area contributed by atoms with Crippen LogP contribution in [0, 0.1) is 11.3 Å². The Morgan fingerprint density at radius 1 is 1.24 bits per heavy atom. The summed E-state index contributed by atoms with van der Waals surface area (Å²) >= 11 is 0. The molecule has 0 saturated heterocycles. The van der Waals surface area contributed by atoms with E-state index in [1.807, 2.05) is 25.1 Å². The van der Waals surface area contributed by atoms with Crippen molar-refractivity contribution in [3.8, 4) is 17.6 Å². The van der Waals surface area contributed by atoms with Gasteiger partial charge < -0.3 is 9.47 Å². The zero-order chi connectivity index (χ0) is 18.1. The van der Waals surface area contributed by atoms with Gasteiger partial charge in [0.1, 0.15) is 6.61 Å². The molecule has 1 N–H and O–H groups in total. The Balaban J connectivity index is 2.15. The molecule has 0 aliphatic rings. The summed E-state index contributed by atoms with van der Waals surface area (Å²) in [4.78, 5) is 10.8. The second-order valence-electron chi connectivity index (χ2n) is 5.12. The van der Waals surface area contributed by atoms with Crippen molar-refractivity contribution in [1.82, 2.24) is 5.43 Å². The summed E-state index contributed by atoms with van der Waals surface area (Å²) in [6.07, 6.45) is 1.53. The first-order valence-corrected chi connectivity index (χ1v) is 7.81. The lowest BCUT2D eigenvalue weighted by Crippen LogP contribution is -2.12. The zero-order valence-electron chi connectivity index (χ0n) is 14.2. The predicted molar refractivity (Wildman–Crippen MR) is 94.5 cm³/mol. The number of rotatable bonds is 7. The average molecular weight is 337 g/mol. The summed E-state index contributed by atoms with van der Waals surface area (Å²) < 4.78 is 11.4. The maximum Gasteiger partial charge on any atom is 0.236 e. The van der Waals surface area contributed by atoms with Crippen molar-refractivity contribution in [3.05, 3.63) is 59.2 Å². The first-order chi connectivity index (χ1) is 12.1. The number of hydrogen-bond donors (Lipinski definition) is 1. The first-order valence-electron chi connectivity index (χ1n) is 7.81. The number of amides is 1. The highest BCUT2D eigenvalue weighted by atomic mass is 16.5. The SMILES string of the molecule is CCOc1cc(/C=N/NC(C)=O)ccc1OCc1ccccc1C#N. The second kappa shape index (κ2) is 9.08. The molecule has 0 unspecified atom stereocenters. The molecule has 0 aliphatic carbocycles. The van der Waals surface area contributed by atoms with E-state index in [4.69, 9.17) is 14.7 Å². The smallest absolute Gasteiger partial charge is 0.236 e. The molecule has 1 amide bonds. The minimum absolute atomic E-state index is 0.239. The van der Waals surface area contributed by atoms with Gasteiger partial charge in [0.15, 0.2) is 11.5 Å². The van der Waals surface area contributed by atoms with Crippen LogP contribution in [0.15, 0.2) is 47.6 Å². The number of hydrazone groups is 1. The maximum absolute atomic E-state index is 10.8. The van der Waals surface area contributed by atoms with E-state index in [-0.39, 0.29) is 12.5 Å². The molecule has 6 nitrogen and oxygen atoms in total. The van der Waals surface area contributed by atoms with Crippen LogP contribution in [0.25, 0.3) is 0 Å². The van der Waals surface area contributed by atoms with Crippen LogP contribution in [0.3, 0.4) is 0 Å². The molecule has 0 heterocycles. The van der Waals surface area contributed by atoms with E-state index >= 15 is 0 Å². The number of carbonyl (C=O) groups is 1. The van der Waals surface area contributed by atoms with E-state index in [0.717, 1.165) is 11.1 Å². The van der Waals surface area contributed by atoms with Crippen LogP contribution in [0.2, 0.25) is 0 Å². The molecule has 0 fully saturated rings. The minimum atomic E-state index is -0.239. The molecule has 128 valence electrons. The first kappa shape index (κ1) is 18.0. The van der Waals surface area contributed by atoms with E-state index in [0.29, 0.717) is 23.7 Å². The molecule has 25 heavy (non-hydrogen) atoms. The van der Waals surface area contributed by atoms with Gasteiger partial charge in [0.05, 0.1) is 24.5 Å². The van der Waals surface area contributed by atoms with Gasteiger partial charge >= 0.3 is 0 Å². The van der Waals surface area contributed by atoms with E-state index < -0.39 is 0 Å². The third-order valence-electron chi connectivity index (χ3n) is 3.22. The molecule has 0 spiro atoms. The van der Waals surface area contributed by atoms with E-state index in [1.165, 1.54) is 13.1 Å². The van der Waals surface area contributed by atoms with E-state index in [2.05, 4.69) is 16.6 Å². The number of benzene rings is 2. The Morgan fingerprint density at radius 2 is 2.04 bits per heavy atom. The van der Waals surface area contributed by atoms with Crippen LogP contribution < -0.4 is 14.9 Å². The highest BCUT2D eigenvalue weighted by Crippen LogP contribution is 2.29. The van der Waals surface area contributed by atoms with Gasteiger partial charge in [-0.2, -0.15) is 10.4 Å². The third-order valence-corrected chi connectivity index (χ3v) is 3.22. The molecule has 2 rings (SSSR count). The van der Waals surface area contributed by atoms with Crippen LogP contribution in [-0.4, -0.2) is 18.7 Å². The van der Waals surface area contributed by atoms with Crippen molar-refractivity contribution in [2.75, 3.05) is 6.61 Å². The number of ether oxygens (including phenoxy) is 2. The van der Waals surface area contributed by atoms with Crippen molar-refractivity contribution in [1.29, 1.82) is 5.26 Å². The van der Waals surface area contributed by atoms with Crippen molar-refractivity contribution in [3.63, 3.8) is 0 Å². The van der Waals surface area contributed by atoms with Crippen molar-refractivity contribution >= 4 is 12.1 Å². The van der Waals surface area contributed by atoms with Crippen LogP contribution >= 0.6 is 0 Å². The Kier molecular flexibility index (Phi) is 6.55. The summed E-state index contributed by atoms with van der Waals surface area (Å²) in [5.41, 5.74) is 4.50. The lowest BCUT2D eigenvalue weighted by molar-refractivity contribution is -0.118. The van der Waals surface area contributed by atoms with Gasteiger partial charge in [-0.15, -0.1) is 0 Å². The van der Waals surface area contributed by atoms with E-state index in [9.17, 15) is 4.79 Å². The summed E-state index contributed by atoms with van der Waals surface area (Å²) in [5, 5.41) is 13.0. The molecule has 6 heteroatoms. The fourth-order valence-corrected chi connectivity index (χ4v) is 2.10. The van der Waals surface area contributed by atoms with Crippen molar-refractivity contribution in [2.24, 2.45) is 5.10 Å².